The average molecular weight is 351 g/mol. The molecule has 25 heavy (non-hydrogen) atoms. The number of aromatic amines is 1. The summed E-state index contributed by atoms with van der Waals surface area (Å²) >= 11 is 6.39. The number of H-pyrrole nitrogens is 1. The maximum absolute atomic E-state index is 6.39. The lowest BCUT2D eigenvalue weighted by Gasteiger charge is -2.10. The van der Waals surface area contributed by atoms with Crippen LogP contribution in [0.25, 0.3) is 11.0 Å². The number of halogens is 1. The third-order valence-corrected chi connectivity index (χ3v) is 4.04. The van der Waals surface area contributed by atoms with Crippen LogP contribution in [0.5, 0.6) is 0 Å². The van der Waals surface area contributed by atoms with Gasteiger partial charge in [-0.05, 0) is 48.9 Å². The van der Waals surface area contributed by atoms with Gasteiger partial charge in [-0.3, -0.25) is 10.1 Å². The largest absolute Gasteiger partial charge is 0.339 e. The molecule has 0 radical (unpaired) electrons. The molecule has 0 aliphatic rings. The maximum atomic E-state index is 6.39. The first-order valence-corrected chi connectivity index (χ1v) is 8.12. The minimum absolute atomic E-state index is 0.583. The number of fused-ring (bicyclic) bond motifs is 1. The van der Waals surface area contributed by atoms with Crippen molar-refractivity contribution in [2.45, 2.75) is 6.92 Å². The highest BCUT2D eigenvalue weighted by molar-refractivity contribution is 6.33. The zero-order valence-electron chi connectivity index (χ0n) is 13.4. The molecule has 0 fully saturated rings. The topological polar surface area (TPSA) is 78.5 Å². The van der Waals surface area contributed by atoms with Crippen LogP contribution in [0.2, 0.25) is 5.02 Å². The third-order valence-electron chi connectivity index (χ3n) is 3.73. The molecule has 1 aromatic carbocycles. The van der Waals surface area contributed by atoms with E-state index in [-0.39, 0.29) is 0 Å². The molecule has 4 aromatic rings. The normalized spacial score (nSPS) is 10.8. The van der Waals surface area contributed by atoms with Gasteiger partial charge in [0.25, 0.3) is 0 Å². The summed E-state index contributed by atoms with van der Waals surface area (Å²) in [6, 6.07) is 13.4. The second-order valence-corrected chi connectivity index (χ2v) is 6.04. The van der Waals surface area contributed by atoms with E-state index < -0.39 is 0 Å². The van der Waals surface area contributed by atoms with E-state index in [0.29, 0.717) is 10.8 Å². The molecule has 0 aliphatic carbocycles. The van der Waals surface area contributed by atoms with Gasteiger partial charge in [0.2, 0.25) is 0 Å². The van der Waals surface area contributed by atoms with Crippen molar-refractivity contribution in [1.29, 1.82) is 0 Å². The van der Waals surface area contributed by atoms with E-state index in [2.05, 4.69) is 30.8 Å². The van der Waals surface area contributed by atoms with Crippen LogP contribution in [0.3, 0.4) is 0 Å². The lowest BCUT2D eigenvalue weighted by molar-refractivity contribution is 1.12. The molecule has 7 heteroatoms. The van der Waals surface area contributed by atoms with Gasteiger partial charge in [-0.1, -0.05) is 17.7 Å². The van der Waals surface area contributed by atoms with Gasteiger partial charge in [0.15, 0.2) is 5.82 Å². The summed E-state index contributed by atoms with van der Waals surface area (Å²) < 4.78 is 0. The first kappa shape index (κ1) is 15.4. The number of rotatable bonds is 4. The fourth-order valence-corrected chi connectivity index (χ4v) is 2.68. The Kier molecular flexibility index (Phi) is 3.95. The summed E-state index contributed by atoms with van der Waals surface area (Å²) in [6.07, 6.45) is 3.54. The first-order chi connectivity index (χ1) is 12.2. The van der Waals surface area contributed by atoms with Crippen LogP contribution in [0.4, 0.5) is 23.0 Å². The van der Waals surface area contributed by atoms with Gasteiger partial charge in [0.05, 0.1) is 16.2 Å². The van der Waals surface area contributed by atoms with Crippen molar-refractivity contribution in [3.63, 3.8) is 0 Å². The maximum Gasteiger partial charge on any atom is 0.178 e. The van der Waals surface area contributed by atoms with Gasteiger partial charge in [0.1, 0.15) is 11.3 Å². The zero-order chi connectivity index (χ0) is 17.2. The van der Waals surface area contributed by atoms with Gasteiger partial charge < -0.3 is 10.6 Å². The molecule has 0 aliphatic heterocycles. The standard InChI is InChI=1S/C18H15ClN6/c1-11-4-7-16(21-10-11)23-14-6-5-12(9-13(14)19)22-18-17-15(24-25-18)3-2-8-20-17/h2-10H,1H3,(H,21,23)(H2,22,24,25). The van der Waals surface area contributed by atoms with Crippen molar-refractivity contribution in [2.75, 3.05) is 10.6 Å². The van der Waals surface area contributed by atoms with Crippen molar-refractivity contribution in [1.82, 2.24) is 20.2 Å². The highest BCUT2D eigenvalue weighted by Crippen LogP contribution is 2.30. The van der Waals surface area contributed by atoms with E-state index in [1.165, 1.54) is 0 Å². The number of nitrogens with one attached hydrogen (secondary N) is 3. The predicted molar refractivity (Wildman–Crippen MR) is 101 cm³/mol. The molecule has 4 rings (SSSR count). The molecule has 0 unspecified atom stereocenters. The van der Waals surface area contributed by atoms with Crippen LogP contribution >= 0.6 is 11.6 Å². The second kappa shape index (κ2) is 6.41. The average Bonchev–Trinajstić information content (AvgIpc) is 3.02. The van der Waals surface area contributed by atoms with Gasteiger partial charge in [-0.2, -0.15) is 5.10 Å². The Morgan fingerprint density at radius 3 is 2.76 bits per heavy atom. The Morgan fingerprint density at radius 1 is 1.04 bits per heavy atom. The van der Waals surface area contributed by atoms with Crippen molar-refractivity contribution in [3.05, 3.63) is 65.4 Å². The number of benzene rings is 1. The number of hydrogen-bond acceptors (Lipinski definition) is 5. The Labute approximate surface area is 149 Å². The second-order valence-electron chi connectivity index (χ2n) is 5.64. The van der Waals surface area contributed by atoms with Crippen molar-refractivity contribution < 1.29 is 0 Å². The lowest BCUT2D eigenvalue weighted by Crippen LogP contribution is -1.96. The van der Waals surface area contributed by atoms with E-state index >= 15 is 0 Å². The smallest absolute Gasteiger partial charge is 0.178 e. The molecule has 0 atom stereocenters. The summed E-state index contributed by atoms with van der Waals surface area (Å²) in [5.41, 5.74) is 4.38. The minimum Gasteiger partial charge on any atom is -0.339 e. The van der Waals surface area contributed by atoms with E-state index in [1.807, 2.05) is 55.6 Å². The molecule has 0 saturated carbocycles. The molecule has 3 N–H and O–H groups in total. The summed E-state index contributed by atoms with van der Waals surface area (Å²) in [6.45, 7) is 2.00. The van der Waals surface area contributed by atoms with Gasteiger partial charge in [0, 0.05) is 18.1 Å². The van der Waals surface area contributed by atoms with Gasteiger partial charge in [-0.15, -0.1) is 0 Å². The number of anilines is 4. The molecular weight excluding hydrogens is 336 g/mol. The Balaban J connectivity index is 1.56. The Bertz CT molecular complexity index is 1030. The molecule has 0 spiro atoms. The highest BCUT2D eigenvalue weighted by atomic mass is 35.5. The van der Waals surface area contributed by atoms with Crippen molar-refractivity contribution >= 4 is 45.6 Å². The summed E-state index contributed by atoms with van der Waals surface area (Å²) in [5.74, 6) is 1.41. The number of aromatic nitrogens is 4. The number of nitrogens with zero attached hydrogens (tertiary/aromatic N) is 3. The molecular formula is C18H15ClN6. The zero-order valence-corrected chi connectivity index (χ0v) is 14.2. The van der Waals surface area contributed by atoms with E-state index in [9.17, 15) is 0 Å². The fraction of sp³-hybridized carbons (Fsp3) is 0.0556. The minimum atomic E-state index is 0.583. The van der Waals surface area contributed by atoms with Crippen molar-refractivity contribution in [2.24, 2.45) is 0 Å². The van der Waals surface area contributed by atoms with Crippen LogP contribution in [-0.4, -0.2) is 20.2 Å². The Morgan fingerprint density at radius 2 is 1.96 bits per heavy atom. The van der Waals surface area contributed by atoms with Gasteiger partial charge >= 0.3 is 0 Å². The molecule has 3 aromatic heterocycles. The SMILES string of the molecule is Cc1ccc(Nc2ccc(Nc3n[nH]c4cccnc34)cc2Cl)nc1. The van der Waals surface area contributed by atoms with E-state index in [0.717, 1.165) is 33.8 Å². The molecule has 124 valence electrons. The third kappa shape index (κ3) is 3.25. The van der Waals surface area contributed by atoms with E-state index in [1.54, 1.807) is 6.20 Å². The first-order valence-electron chi connectivity index (χ1n) is 7.74. The van der Waals surface area contributed by atoms with Gasteiger partial charge in [-0.25, -0.2) is 4.98 Å². The monoisotopic (exact) mass is 350 g/mol. The van der Waals surface area contributed by atoms with Crippen molar-refractivity contribution in [3.8, 4) is 0 Å². The Hall–Kier alpha value is -3.12. The number of aryl methyl sites for hydroxylation is 1. The fourth-order valence-electron chi connectivity index (χ4n) is 2.45. The molecule has 3 heterocycles. The summed E-state index contributed by atoms with van der Waals surface area (Å²) in [5, 5.41) is 14.2. The van der Waals surface area contributed by atoms with Crippen LogP contribution in [0, 0.1) is 6.92 Å². The quantitative estimate of drug-likeness (QED) is 0.492. The molecule has 0 amide bonds. The highest BCUT2D eigenvalue weighted by Gasteiger charge is 2.08. The number of pyridine rings is 2. The molecule has 0 saturated heterocycles. The van der Waals surface area contributed by atoms with Crippen LogP contribution in [0.1, 0.15) is 5.56 Å². The van der Waals surface area contributed by atoms with Crippen LogP contribution < -0.4 is 10.6 Å². The summed E-state index contributed by atoms with van der Waals surface area (Å²) in [7, 11) is 0. The predicted octanol–water partition coefficient (Wildman–Crippen LogP) is 4.80. The number of hydrogen-bond donors (Lipinski definition) is 3. The lowest BCUT2D eigenvalue weighted by atomic mass is 10.2. The molecule has 0 bridgehead atoms. The van der Waals surface area contributed by atoms with Crippen LogP contribution in [-0.2, 0) is 0 Å². The van der Waals surface area contributed by atoms with E-state index in [4.69, 9.17) is 11.6 Å². The summed E-state index contributed by atoms with van der Waals surface area (Å²) in [4.78, 5) is 8.65. The van der Waals surface area contributed by atoms with Crippen LogP contribution in [0.15, 0.2) is 54.9 Å². The molecule has 6 nitrogen and oxygen atoms in total.